The van der Waals surface area contributed by atoms with Crippen molar-refractivity contribution < 1.29 is 9.90 Å². The summed E-state index contributed by atoms with van der Waals surface area (Å²) in [6, 6.07) is 13.9. The van der Waals surface area contributed by atoms with E-state index in [2.05, 4.69) is 0 Å². The third kappa shape index (κ3) is 2.98. The lowest BCUT2D eigenvalue weighted by molar-refractivity contribution is 0.103. The van der Waals surface area contributed by atoms with Gasteiger partial charge in [0.2, 0.25) is 0 Å². The van der Waals surface area contributed by atoms with Crippen LogP contribution in [0.15, 0.2) is 48.5 Å². The predicted octanol–water partition coefficient (Wildman–Crippen LogP) is 3.96. The lowest BCUT2D eigenvalue weighted by Gasteiger charge is -2.05. The largest absolute Gasteiger partial charge is 0.507 e. The monoisotopic (exact) mass is 242 g/mol. The summed E-state index contributed by atoms with van der Waals surface area (Å²) in [5.41, 5.74) is 1.89. The summed E-state index contributed by atoms with van der Waals surface area (Å²) in [5, 5.41) is 9.61. The van der Waals surface area contributed by atoms with Crippen LogP contribution in [0.25, 0.3) is 0 Å². The molecule has 0 aromatic heterocycles. The minimum Gasteiger partial charge on any atom is -0.507 e. The van der Waals surface area contributed by atoms with Crippen LogP contribution in [0.2, 0.25) is 0 Å². The van der Waals surface area contributed by atoms with Crippen molar-refractivity contribution in [2.75, 3.05) is 0 Å². The number of aromatic hydroxyl groups is 1. The van der Waals surface area contributed by atoms with Gasteiger partial charge >= 0.3 is 0 Å². The molecule has 0 heterocycles. The number of phenols is 1. The number of aryl methyl sites for hydroxylation is 1. The molecule has 0 saturated carbocycles. The van der Waals surface area contributed by atoms with Gasteiger partial charge in [-0.3, -0.25) is 4.79 Å². The maximum atomic E-state index is 12.1. The minimum absolute atomic E-state index is 0.0238. The molecule has 0 unspecified atom stereocenters. The SMILES string of the molecule is CC.Cc1ccccc1C(=O)c1ccccc1O. The first kappa shape index (κ1) is 14.0. The van der Waals surface area contributed by atoms with E-state index in [0.717, 1.165) is 5.56 Å². The zero-order chi connectivity index (χ0) is 13.5. The van der Waals surface area contributed by atoms with E-state index in [4.69, 9.17) is 0 Å². The molecule has 0 aliphatic carbocycles. The summed E-state index contributed by atoms with van der Waals surface area (Å²) in [4.78, 5) is 12.1. The smallest absolute Gasteiger partial charge is 0.197 e. The van der Waals surface area contributed by atoms with Gasteiger partial charge in [-0.25, -0.2) is 0 Å². The predicted molar refractivity (Wildman–Crippen MR) is 74.1 cm³/mol. The van der Waals surface area contributed by atoms with Crippen LogP contribution in [0.4, 0.5) is 0 Å². The van der Waals surface area contributed by atoms with Gasteiger partial charge in [0.05, 0.1) is 5.56 Å². The summed E-state index contributed by atoms with van der Waals surface area (Å²) < 4.78 is 0. The molecule has 0 spiro atoms. The lowest BCUT2D eigenvalue weighted by Crippen LogP contribution is -2.03. The average molecular weight is 242 g/mol. The van der Waals surface area contributed by atoms with Crippen molar-refractivity contribution in [2.24, 2.45) is 0 Å². The molecule has 18 heavy (non-hydrogen) atoms. The number of hydrogen-bond donors (Lipinski definition) is 1. The summed E-state index contributed by atoms with van der Waals surface area (Å²) >= 11 is 0. The van der Waals surface area contributed by atoms with Crippen LogP contribution in [-0.4, -0.2) is 10.9 Å². The summed E-state index contributed by atoms with van der Waals surface area (Å²) in [7, 11) is 0. The van der Waals surface area contributed by atoms with Crippen molar-refractivity contribution in [1.82, 2.24) is 0 Å². The third-order valence-electron chi connectivity index (χ3n) is 2.54. The van der Waals surface area contributed by atoms with E-state index < -0.39 is 0 Å². The van der Waals surface area contributed by atoms with Crippen molar-refractivity contribution in [2.45, 2.75) is 20.8 Å². The molecule has 1 N–H and O–H groups in total. The highest BCUT2D eigenvalue weighted by Crippen LogP contribution is 2.21. The second kappa shape index (κ2) is 6.60. The Morgan fingerprint density at radius 3 is 1.94 bits per heavy atom. The summed E-state index contributed by atoms with van der Waals surface area (Å²) in [5.74, 6) is -0.119. The summed E-state index contributed by atoms with van der Waals surface area (Å²) in [6.07, 6.45) is 0. The highest BCUT2D eigenvalue weighted by atomic mass is 16.3. The molecule has 94 valence electrons. The van der Waals surface area contributed by atoms with Gasteiger partial charge in [-0.2, -0.15) is 0 Å². The fraction of sp³-hybridized carbons (Fsp3) is 0.188. The van der Waals surface area contributed by atoms with Crippen molar-refractivity contribution in [1.29, 1.82) is 0 Å². The summed E-state index contributed by atoms with van der Waals surface area (Å²) in [6.45, 7) is 5.88. The number of phenolic OH excluding ortho intramolecular Hbond substituents is 1. The number of carbonyl (C=O) groups excluding carboxylic acids is 1. The number of hydrogen-bond acceptors (Lipinski definition) is 2. The van der Waals surface area contributed by atoms with Gasteiger partial charge in [0.25, 0.3) is 0 Å². The van der Waals surface area contributed by atoms with E-state index in [0.29, 0.717) is 11.1 Å². The Bertz CT molecular complexity index is 483. The number of benzene rings is 2. The molecule has 2 nitrogen and oxygen atoms in total. The Balaban J connectivity index is 0.000000771. The maximum Gasteiger partial charge on any atom is 0.197 e. The zero-order valence-corrected chi connectivity index (χ0v) is 11.0. The molecule has 0 amide bonds. The molecule has 2 heteroatoms. The van der Waals surface area contributed by atoms with Crippen molar-refractivity contribution in [3.05, 3.63) is 65.2 Å². The Hall–Kier alpha value is -2.09. The number of rotatable bonds is 2. The molecular formula is C16H18O2. The maximum absolute atomic E-state index is 12.1. The van der Waals surface area contributed by atoms with E-state index in [-0.39, 0.29) is 11.5 Å². The van der Waals surface area contributed by atoms with Crippen LogP contribution in [0.5, 0.6) is 5.75 Å². The van der Waals surface area contributed by atoms with Crippen molar-refractivity contribution in [3.8, 4) is 5.75 Å². The van der Waals surface area contributed by atoms with Gasteiger partial charge in [0, 0.05) is 5.56 Å². The highest BCUT2D eigenvalue weighted by Gasteiger charge is 2.13. The fourth-order valence-electron chi connectivity index (χ4n) is 1.64. The molecule has 0 fully saturated rings. The molecule has 0 aliphatic rings. The van der Waals surface area contributed by atoms with Gasteiger partial charge in [0.15, 0.2) is 5.78 Å². The van der Waals surface area contributed by atoms with Crippen LogP contribution in [0, 0.1) is 6.92 Å². The number of ketones is 1. The molecule has 2 rings (SSSR count). The normalized spacial score (nSPS) is 9.28. The van der Waals surface area contributed by atoms with Crippen molar-refractivity contribution >= 4 is 5.78 Å². The Kier molecular flexibility index (Phi) is 5.12. The van der Waals surface area contributed by atoms with E-state index >= 15 is 0 Å². The van der Waals surface area contributed by atoms with Crippen molar-refractivity contribution in [3.63, 3.8) is 0 Å². The van der Waals surface area contributed by atoms with Gasteiger partial charge in [-0.05, 0) is 24.6 Å². The number of carbonyl (C=O) groups is 1. The minimum atomic E-state index is -0.142. The van der Waals surface area contributed by atoms with Crippen LogP contribution in [0.3, 0.4) is 0 Å². The second-order valence-corrected chi connectivity index (χ2v) is 3.66. The Labute approximate surface area is 108 Å². The quantitative estimate of drug-likeness (QED) is 0.809. The Morgan fingerprint density at radius 2 is 1.39 bits per heavy atom. The molecular weight excluding hydrogens is 224 g/mol. The fourth-order valence-corrected chi connectivity index (χ4v) is 1.64. The van der Waals surface area contributed by atoms with Crippen LogP contribution in [0.1, 0.15) is 35.3 Å². The first-order valence-corrected chi connectivity index (χ1v) is 6.08. The molecule has 0 bridgehead atoms. The van der Waals surface area contributed by atoms with Crippen LogP contribution in [-0.2, 0) is 0 Å². The third-order valence-corrected chi connectivity index (χ3v) is 2.54. The van der Waals surface area contributed by atoms with Gasteiger partial charge in [-0.1, -0.05) is 50.2 Å². The second-order valence-electron chi connectivity index (χ2n) is 3.66. The van der Waals surface area contributed by atoms with E-state index in [9.17, 15) is 9.90 Å². The molecule has 2 aromatic carbocycles. The molecule has 0 atom stereocenters. The van der Waals surface area contributed by atoms with E-state index in [1.165, 1.54) is 6.07 Å². The van der Waals surface area contributed by atoms with Crippen LogP contribution >= 0.6 is 0 Å². The van der Waals surface area contributed by atoms with Gasteiger partial charge in [0.1, 0.15) is 5.75 Å². The highest BCUT2D eigenvalue weighted by molar-refractivity contribution is 6.11. The van der Waals surface area contributed by atoms with Crippen LogP contribution < -0.4 is 0 Å². The van der Waals surface area contributed by atoms with E-state index in [1.54, 1.807) is 24.3 Å². The first-order valence-electron chi connectivity index (χ1n) is 6.08. The molecule has 0 aliphatic heterocycles. The average Bonchev–Trinajstić information content (AvgIpc) is 2.41. The van der Waals surface area contributed by atoms with E-state index in [1.807, 2.05) is 39.0 Å². The van der Waals surface area contributed by atoms with Gasteiger partial charge in [-0.15, -0.1) is 0 Å². The molecule has 0 saturated heterocycles. The molecule has 0 radical (unpaired) electrons. The Morgan fingerprint density at radius 1 is 0.889 bits per heavy atom. The molecule has 2 aromatic rings. The standard InChI is InChI=1S/C14H12O2.C2H6/c1-10-6-2-3-7-11(10)14(16)12-8-4-5-9-13(12)15;1-2/h2-9,15H,1H3;1-2H3. The zero-order valence-electron chi connectivity index (χ0n) is 11.0. The topological polar surface area (TPSA) is 37.3 Å². The first-order chi connectivity index (χ1) is 8.70. The number of para-hydroxylation sites is 1. The lowest BCUT2D eigenvalue weighted by atomic mass is 9.99. The van der Waals surface area contributed by atoms with Gasteiger partial charge < -0.3 is 5.11 Å².